The lowest BCUT2D eigenvalue weighted by molar-refractivity contribution is -0.123. The molecule has 1 unspecified atom stereocenters. The van der Waals surface area contributed by atoms with Gasteiger partial charge in [-0.3, -0.25) is 4.79 Å². The van der Waals surface area contributed by atoms with E-state index in [0.717, 1.165) is 16.8 Å². The molecule has 5 nitrogen and oxygen atoms in total. The number of benzene rings is 2. The van der Waals surface area contributed by atoms with Gasteiger partial charge in [0, 0.05) is 25.8 Å². The Balaban J connectivity index is 1.77. The maximum absolute atomic E-state index is 13.1. The van der Waals surface area contributed by atoms with Crippen molar-refractivity contribution in [1.82, 2.24) is 4.31 Å². The minimum atomic E-state index is -3.59. The molecule has 0 aromatic heterocycles. The van der Waals surface area contributed by atoms with E-state index in [1.165, 1.54) is 9.87 Å². The first-order valence-corrected chi connectivity index (χ1v) is 11.1. The maximum atomic E-state index is 13.1. The second-order valence-electron chi connectivity index (χ2n) is 7.68. The summed E-state index contributed by atoms with van der Waals surface area (Å²) >= 11 is 0. The molecule has 3 rings (SSSR count). The van der Waals surface area contributed by atoms with Gasteiger partial charge in [-0.25, -0.2) is 8.42 Å². The van der Waals surface area contributed by atoms with Crippen LogP contribution in [0.5, 0.6) is 0 Å². The van der Waals surface area contributed by atoms with E-state index in [1.54, 1.807) is 36.2 Å². The van der Waals surface area contributed by atoms with Crippen LogP contribution in [0.25, 0.3) is 0 Å². The summed E-state index contributed by atoms with van der Waals surface area (Å²) in [7, 11) is -1.82. The number of carbonyl (C=O) groups excluding carboxylic acids is 1. The smallest absolute Gasteiger partial charge is 0.243 e. The summed E-state index contributed by atoms with van der Waals surface area (Å²) < 4.78 is 27.4. The Morgan fingerprint density at radius 2 is 1.71 bits per heavy atom. The Bertz CT molecular complexity index is 968. The van der Waals surface area contributed by atoms with Crippen molar-refractivity contribution < 1.29 is 13.2 Å². The van der Waals surface area contributed by atoms with Gasteiger partial charge in [-0.2, -0.15) is 4.31 Å². The average molecular weight is 401 g/mol. The molecule has 1 saturated heterocycles. The number of aryl methyl sites for hydroxylation is 3. The fraction of sp³-hybridized carbons (Fsp3) is 0.409. The molecular weight excluding hydrogens is 372 g/mol. The van der Waals surface area contributed by atoms with E-state index in [-0.39, 0.29) is 23.3 Å². The zero-order chi connectivity index (χ0) is 20.5. The maximum Gasteiger partial charge on any atom is 0.243 e. The summed E-state index contributed by atoms with van der Waals surface area (Å²) in [5.74, 6) is -0.368. The molecule has 150 valence electrons. The van der Waals surface area contributed by atoms with E-state index in [1.807, 2.05) is 39.0 Å². The Kier molecular flexibility index (Phi) is 5.91. The zero-order valence-electron chi connectivity index (χ0n) is 17.0. The molecule has 1 fully saturated rings. The number of piperidine rings is 1. The molecule has 1 aliphatic rings. The third-order valence-corrected chi connectivity index (χ3v) is 7.48. The van der Waals surface area contributed by atoms with Crippen LogP contribution in [0.2, 0.25) is 0 Å². The van der Waals surface area contributed by atoms with Gasteiger partial charge in [0.1, 0.15) is 0 Å². The molecule has 1 amide bonds. The van der Waals surface area contributed by atoms with Crippen molar-refractivity contribution in [3.8, 4) is 0 Å². The number of nitrogens with zero attached hydrogens (tertiary/aromatic N) is 2. The molecule has 0 N–H and O–H groups in total. The van der Waals surface area contributed by atoms with Crippen molar-refractivity contribution >= 4 is 21.6 Å². The Morgan fingerprint density at radius 1 is 1.04 bits per heavy atom. The molecule has 0 aliphatic carbocycles. The molecule has 6 heteroatoms. The third-order valence-electron chi connectivity index (χ3n) is 5.60. The SMILES string of the molecule is Cc1ccc(S(=O)(=O)N2CCCC(C(=O)N(C)c3ccc(C)c(C)c3)C2)cc1. The van der Waals surface area contributed by atoms with E-state index < -0.39 is 10.0 Å². The minimum absolute atomic E-state index is 0.0351. The summed E-state index contributed by atoms with van der Waals surface area (Å²) in [5, 5.41) is 0. The van der Waals surface area contributed by atoms with Crippen molar-refractivity contribution in [2.45, 2.75) is 38.5 Å². The summed E-state index contributed by atoms with van der Waals surface area (Å²) in [6, 6.07) is 12.8. The Labute approximate surface area is 168 Å². The van der Waals surface area contributed by atoms with Crippen LogP contribution in [-0.2, 0) is 14.8 Å². The number of anilines is 1. The zero-order valence-corrected chi connectivity index (χ0v) is 17.8. The van der Waals surface area contributed by atoms with Gasteiger partial charge in [-0.05, 0) is 69.0 Å². The lowest BCUT2D eigenvalue weighted by Gasteiger charge is -2.33. The summed E-state index contributed by atoms with van der Waals surface area (Å²) in [4.78, 5) is 15.0. The van der Waals surface area contributed by atoms with Gasteiger partial charge in [0.2, 0.25) is 15.9 Å². The summed E-state index contributed by atoms with van der Waals surface area (Å²) in [5.41, 5.74) is 4.16. The standard InChI is InChI=1S/C22H28N2O3S/c1-16-7-11-21(12-8-16)28(26,27)24-13-5-6-19(15-24)22(25)23(4)20-10-9-17(2)18(3)14-20/h7-12,14,19H,5-6,13,15H2,1-4H3. The molecule has 1 aliphatic heterocycles. The van der Waals surface area contributed by atoms with E-state index in [9.17, 15) is 13.2 Å². The number of rotatable bonds is 4. The molecular formula is C22H28N2O3S. The molecule has 1 atom stereocenters. The predicted octanol–water partition coefficient (Wildman–Crippen LogP) is 3.68. The van der Waals surface area contributed by atoms with Crippen molar-refractivity contribution in [3.63, 3.8) is 0 Å². The van der Waals surface area contributed by atoms with Gasteiger partial charge in [0.05, 0.1) is 10.8 Å². The monoisotopic (exact) mass is 400 g/mol. The van der Waals surface area contributed by atoms with Crippen LogP contribution in [0, 0.1) is 26.7 Å². The van der Waals surface area contributed by atoms with Crippen LogP contribution in [0.1, 0.15) is 29.5 Å². The summed E-state index contributed by atoms with van der Waals surface area (Å²) in [6.07, 6.45) is 1.39. The number of hydrogen-bond acceptors (Lipinski definition) is 3. The Hall–Kier alpha value is -2.18. The van der Waals surface area contributed by atoms with E-state index >= 15 is 0 Å². The fourth-order valence-electron chi connectivity index (χ4n) is 3.56. The number of carbonyl (C=O) groups is 1. The van der Waals surface area contributed by atoms with Gasteiger partial charge in [0.15, 0.2) is 0 Å². The second kappa shape index (κ2) is 8.05. The van der Waals surface area contributed by atoms with E-state index in [2.05, 4.69) is 0 Å². The van der Waals surface area contributed by atoms with Gasteiger partial charge in [-0.15, -0.1) is 0 Å². The highest BCUT2D eigenvalue weighted by Gasteiger charge is 2.34. The molecule has 2 aromatic rings. The first kappa shape index (κ1) is 20.6. The normalized spacial score (nSPS) is 18.1. The molecule has 28 heavy (non-hydrogen) atoms. The van der Waals surface area contributed by atoms with Crippen LogP contribution in [0.3, 0.4) is 0 Å². The third kappa shape index (κ3) is 4.13. The number of amides is 1. The van der Waals surface area contributed by atoms with Crippen LogP contribution >= 0.6 is 0 Å². The summed E-state index contributed by atoms with van der Waals surface area (Å²) in [6.45, 7) is 6.66. The lowest BCUT2D eigenvalue weighted by Crippen LogP contribution is -2.46. The van der Waals surface area contributed by atoms with Crippen molar-refractivity contribution in [1.29, 1.82) is 0 Å². The largest absolute Gasteiger partial charge is 0.315 e. The average Bonchev–Trinajstić information content (AvgIpc) is 2.69. The first-order chi connectivity index (χ1) is 13.2. The topological polar surface area (TPSA) is 57.7 Å². The van der Waals surface area contributed by atoms with E-state index in [0.29, 0.717) is 19.4 Å². The molecule has 0 saturated carbocycles. The molecule has 1 heterocycles. The van der Waals surface area contributed by atoms with Crippen molar-refractivity contribution in [3.05, 3.63) is 59.2 Å². The molecule has 2 aromatic carbocycles. The minimum Gasteiger partial charge on any atom is -0.315 e. The van der Waals surface area contributed by atoms with Crippen LogP contribution in [-0.4, -0.2) is 38.8 Å². The van der Waals surface area contributed by atoms with Crippen molar-refractivity contribution in [2.24, 2.45) is 5.92 Å². The fourth-order valence-corrected chi connectivity index (χ4v) is 5.08. The predicted molar refractivity (Wildman–Crippen MR) is 112 cm³/mol. The highest BCUT2D eigenvalue weighted by Crippen LogP contribution is 2.27. The van der Waals surface area contributed by atoms with Gasteiger partial charge >= 0.3 is 0 Å². The molecule has 0 spiro atoms. The van der Waals surface area contributed by atoms with Gasteiger partial charge < -0.3 is 4.90 Å². The van der Waals surface area contributed by atoms with Crippen LogP contribution in [0.4, 0.5) is 5.69 Å². The Morgan fingerprint density at radius 3 is 2.36 bits per heavy atom. The van der Waals surface area contributed by atoms with Gasteiger partial charge in [0.25, 0.3) is 0 Å². The van der Waals surface area contributed by atoms with Crippen LogP contribution in [0.15, 0.2) is 47.4 Å². The molecule has 0 bridgehead atoms. The highest BCUT2D eigenvalue weighted by atomic mass is 32.2. The lowest BCUT2D eigenvalue weighted by atomic mass is 9.98. The van der Waals surface area contributed by atoms with Crippen LogP contribution < -0.4 is 4.90 Å². The second-order valence-corrected chi connectivity index (χ2v) is 9.62. The van der Waals surface area contributed by atoms with Gasteiger partial charge in [-0.1, -0.05) is 23.8 Å². The molecule has 0 radical (unpaired) electrons. The van der Waals surface area contributed by atoms with Crippen molar-refractivity contribution in [2.75, 3.05) is 25.0 Å². The number of sulfonamides is 1. The van der Waals surface area contributed by atoms with E-state index in [4.69, 9.17) is 0 Å². The first-order valence-electron chi connectivity index (χ1n) is 9.62. The quantitative estimate of drug-likeness (QED) is 0.787. The highest BCUT2D eigenvalue weighted by molar-refractivity contribution is 7.89. The number of hydrogen-bond donors (Lipinski definition) is 0.